The Bertz CT molecular complexity index is 288. The second-order valence-electron chi connectivity index (χ2n) is 8.39. The molecule has 0 aliphatic carbocycles. The van der Waals surface area contributed by atoms with Crippen molar-refractivity contribution in [2.24, 2.45) is 0 Å². The van der Waals surface area contributed by atoms with Gasteiger partial charge >= 0.3 is 0 Å². The molecule has 0 aromatic rings. The molecule has 0 radical (unpaired) electrons. The van der Waals surface area contributed by atoms with Crippen molar-refractivity contribution in [1.82, 2.24) is 4.57 Å². The number of rotatable bonds is 7. The van der Waals surface area contributed by atoms with Crippen molar-refractivity contribution in [2.75, 3.05) is 6.54 Å². The van der Waals surface area contributed by atoms with Crippen LogP contribution in [-0.2, 0) is 0 Å². The lowest BCUT2D eigenvalue weighted by Crippen LogP contribution is -2.58. The monoisotopic (exact) mass is 299 g/mol. The van der Waals surface area contributed by atoms with E-state index in [1.54, 1.807) is 0 Å². The summed E-state index contributed by atoms with van der Waals surface area (Å²) in [6.45, 7) is 27.1. The lowest BCUT2D eigenvalue weighted by molar-refractivity contribution is 0.335. The van der Waals surface area contributed by atoms with Crippen molar-refractivity contribution < 1.29 is 0 Å². The molecule has 0 saturated heterocycles. The first-order valence-corrected chi connectivity index (χ1v) is 14.0. The highest BCUT2D eigenvalue weighted by Gasteiger charge is 2.41. The zero-order valence-corrected chi connectivity index (χ0v) is 16.9. The first-order valence-electron chi connectivity index (χ1n) is 7.75. The van der Waals surface area contributed by atoms with E-state index in [1.165, 1.54) is 19.0 Å². The average Bonchev–Trinajstić information content (AvgIpc) is 2.21. The van der Waals surface area contributed by atoms with E-state index >= 15 is 0 Å². The van der Waals surface area contributed by atoms with Crippen molar-refractivity contribution >= 4 is 16.3 Å². The predicted octanol–water partition coefficient (Wildman–Crippen LogP) is 5.53. The molecule has 0 unspecified atom stereocenters. The van der Waals surface area contributed by atoms with Crippen LogP contribution in [0.3, 0.4) is 0 Å². The Morgan fingerprint density at radius 1 is 1.11 bits per heavy atom. The molecule has 0 spiro atoms. The molecular weight excluding hydrogens is 262 g/mol. The third-order valence-corrected chi connectivity index (χ3v) is 13.5. The first-order chi connectivity index (χ1) is 8.35. The van der Waals surface area contributed by atoms with Crippen LogP contribution in [0.5, 0.6) is 0 Å². The summed E-state index contributed by atoms with van der Waals surface area (Å²) in [4.78, 5) is 0. The van der Waals surface area contributed by atoms with Gasteiger partial charge in [0.15, 0.2) is 0 Å². The summed E-state index contributed by atoms with van der Waals surface area (Å²) in [5.74, 6) is 0. The van der Waals surface area contributed by atoms with Gasteiger partial charge in [0, 0.05) is 0 Å². The molecule has 0 atom stereocenters. The second-order valence-corrected chi connectivity index (χ2v) is 18.5. The van der Waals surface area contributed by atoms with Gasteiger partial charge in [0.05, 0.1) is 8.07 Å². The van der Waals surface area contributed by atoms with E-state index in [-0.39, 0.29) is 0 Å². The minimum absolute atomic E-state index is 0.433. The molecule has 0 N–H and O–H groups in total. The van der Waals surface area contributed by atoms with Crippen LogP contribution in [-0.4, -0.2) is 33.5 Å². The predicted molar refractivity (Wildman–Crippen MR) is 96.1 cm³/mol. The van der Waals surface area contributed by atoms with Crippen LogP contribution in [0, 0.1) is 0 Å². The van der Waals surface area contributed by atoms with E-state index in [9.17, 15) is 0 Å². The highest BCUT2D eigenvalue weighted by molar-refractivity contribution is 6.82. The summed E-state index contributed by atoms with van der Waals surface area (Å²) in [6.07, 6.45) is 1.33. The topological polar surface area (TPSA) is 3.24 Å². The van der Waals surface area contributed by atoms with E-state index in [1.807, 2.05) is 0 Å². The molecule has 0 heterocycles. The van der Waals surface area contributed by atoms with E-state index in [4.69, 9.17) is 0 Å². The number of hydrogen-bond acceptors (Lipinski definition) is 1. The molecule has 0 rings (SSSR count). The largest absolute Gasteiger partial charge is 0.321 e. The lowest BCUT2D eigenvalue weighted by Gasteiger charge is -2.48. The van der Waals surface area contributed by atoms with Crippen molar-refractivity contribution in [3.63, 3.8) is 0 Å². The molecule has 0 aromatic heterocycles. The molecule has 0 bridgehead atoms. The first kappa shape index (κ1) is 19.1. The Labute approximate surface area is 124 Å². The average molecular weight is 300 g/mol. The Balaban J connectivity index is 4.74. The summed E-state index contributed by atoms with van der Waals surface area (Å²) in [7, 11) is -2.51. The molecule has 0 aliphatic rings. The Hall–Kier alpha value is 0.134. The Morgan fingerprint density at radius 2 is 1.58 bits per heavy atom. The third kappa shape index (κ3) is 5.56. The fraction of sp³-hybridized carbons (Fsp3) is 0.875. The van der Waals surface area contributed by atoms with Crippen molar-refractivity contribution in [3.05, 3.63) is 12.3 Å². The van der Waals surface area contributed by atoms with Gasteiger partial charge in [-0.25, -0.2) is 0 Å². The van der Waals surface area contributed by atoms with Crippen molar-refractivity contribution in [3.8, 4) is 0 Å². The van der Waals surface area contributed by atoms with Crippen LogP contribution in [0.25, 0.3) is 0 Å². The van der Waals surface area contributed by atoms with Crippen molar-refractivity contribution in [2.45, 2.75) is 84.4 Å². The fourth-order valence-corrected chi connectivity index (χ4v) is 6.56. The summed E-state index contributed by atoms with van der Waals surface area (Å²) < 4.78 is 2.82. The van der Waals surface area contributed by atoms with Gasteiger partial charge in [-0.3, -0.25) is 0 Å². The maximum absolute atomic E-state index is 4.01. The maximum Gasteiger partial charge on any atom is 0.127 e. The molecule has 0 saturated carbocycles. The molecular formula is C16H37NSi2. The van der Waals surface area contributed by atoms with Gasteiger partial charge < -0.3 is 4.57 Å². The van der Waals surface area contributed by atoms with Gasteiger partial charge in [-0.1, -0.05) is 66.9 Å². The SMILES string of the molecule is C=C[Si](C)(C)CCCN(C(C)C)[Si](C)(C)C(C)(C)C. The summed E-state index contributed by atoms with van der Waals surface area (Å²) >= 11 is 0. The van der Waals surface area contributed by atoms with E-state index in [0.717, 1.165) is 0 Å². The second kappa shape index (κ2) is 6.73. The van der Waals surface area contributed by atoms with Gasteiger partial charge in [0.1, 0.15) is 8.24 Å². The quantitative estimate of drug-likeness (QED) is 0.559. The highest BCUT2D eigenvalue weighted by Crippen LogP contribution is 2.39. The van der Waals surface area contributed by atoms with Crippen LogP contribution in [0.2, 0.25) is 37.3 Å². The third-order valence-electron chi connectivity index (χ3n) is 4.95. The van der Waals surface area contributed by atoms with Gasteiger partial charge in [-0.2, -0.15) is 0 Å². The number of nitrogens with zero attached hydrogens (tertiary/aromatic N) is 1. The van der Waals surface area contributed by atoms with Crippen LogP contribution in [0.4, 0.5) is 0 Å². The van der Waals surface area contributed by atoms with E-state index in [0.29, 0.717) is 11.1 Å². The van der Waals surface area contributed by atoms with Crippen LogP contribution < -0.4 is 0 Å². The zero-order chi connectivity index (χ0) is 15.5. The molecule has 19 heavy (non-hydrogen) atoms. The van der Waals surface area contributed by atoms with E-state index in [2.05, 4.69) is 77.7 Å². The van der Waals surface area contributed by atoms with Crippen LogP contribution >= 0.6 is 0 Å². The normalized spacial score (nSPS) is 14.3. The number of hydrogen-bond donors (Lipinski definition) is 0. The molecule has 0 aromatic carbocycles. The summed E-state index contributed by atoms with van der Waals surface area (Å²) in [5.41, 5.74) is 2.24. The van der Waals surface area contributed by atoms with Gasteiger partial charge in [0.25, 0.3) is 0 Å². The Morgan fingerprint density at radius 3 is 1.89 bits per heavy atom. The summed E-state index contributed by atoms with van der Waals surface area (Å²) in [5, 5.41) is 0.433. The molecule has 1 nitrogen and oxygen atoms in total. The standard InChI is InChI=1S/C16H37NSi2/c1-11-18(7,8)14-12-13-17(15(2)3)19(9,10)16(4,5)6/h11,15H,1,12-14H2,2-10H3. The van der Waals surface area contributed by atoms with Gasteiger partial charge in [-0.15, -0.1) is 12.3 Å². The van der Waals surface area contributed by atoms with Gasteiger partial charge in [0.2, 0.25) is 0 Å². The summed E-state index contributed by atoms with van der Waals surface area (Å²) in [6, 6.07) is 2.03. The smallest absolute Gasteiger partial charge is 0.127 e. The van der Waals surface area contributed by atoms with Crippen LogP contribution in [0.15, 0.2) is 12.3 Å². The zero-order valence-electron chi connectivity index (χ0n) is 14.9. The minimum Gasteiger partial charge on any atom is -0.321 e. The van der Waals surface area contributed by atoms with Crippen molar-refractivity contribution in [1.29, 1.82) is 0 Å². The molecule has 114 valence electrons. The Kier molecular flexibility index (Phi) is 6.77. The molecule has 3 heteroatoms. The van der Waals surface area contributed by atoms with Crippen LogP contribution in [0.1, 0.15) is 41.0 Å². The lowest BCUT2D eigenvalue weighted by atomic mass is 10.2. The molecule has 0 fully saturated rings. The van der Waals surface area contributed by atoms with Gasteiger partial charge in [-0.05, 0) is 24.0 Å². The molecule has 0 amide bonds. The fourth-order valence-electron chi connectivity index (χ4n) is 2.42. The van der Waals surface area contributed by atoms with E-state index < -0.39 is 16.3 Å². The maximum atomic E-state index is 4.01. The highest BCUT2D eigenvalue weighted by atomic mass is 28.3. The minimum atomic E-state index is -1.38. The molecule has 0 aliphatic heterocycles.